The Hall–Kier alpha value is -1.22. The van der Waals surface area contributed by atoms with Gasteiger partial charge in [0.1, 0.15) is 11.5 Å². The van der Waals surface area contributed by atoms with Crippen molar-refractivity contribution >= 4 is 0 Å². The minimum absolute atomic E-state index is 0.729. The van der Waals surface area contributed by atoms with Gasteiger partial charge in [0.2, 0.25) is 0 Å². The van der Waals surface area contributed by atoms with Gasteiger partial charge in [0.25, 0.3) is 0 Å². The second-order valence-electron chi connectivity index (χ2n) is 5.76. The molecule has 0 atom stereocenters. The molecule has 0 amide bonds. The topological polar surface area (TPSA) is 30.5 Å². The molecule has 2 aliphatic carbocycles. The maximum Gasteiger partial charge on any atom is 0.127 e. The minimum atomic E-state index is 0.729. The predicted octanol–water partition coefficient (Wildman–Crippen LogP) is 2.98. The molecule has 3 rings (SSSR count). The maximum atomic E-state index is 5.45. The normalized spacial score (nSPS) is 18.7. The molecule has 104 valence electrons. The Labute approximate surface area is 115 Å². The lowest BCUT2D eigenvalue weighted by Crippen LogP contribution is -2.32. The SMILES string of the molecule is COc1ccc(CNC(C2CC2)C2CC2)c(OC)c1. The standard InChI is InChI=1S/C16H23NO2/c1-18-14-8-7-13(15(9-14)19-2)10-17-16(11-3-4-11)12-5-6-12/h7-9,11-12,16-17H,3-6,10H2,1-2H3. The zero-order valence-electron chi connectivity index (χ0n) is 11.8. The number of nitrogens with one attached hydrogen (secondary N) is 1. The van der Waals surface area contributed by atoms with E-state index >= 15 is 0 Å². The molecule has 19 heavy (non-hydrogen) atoms. The average Bonchev–Trinajstić information content (AvgIpc) is 3.31. The molecular formula is C16H23NO2. The van der Waals surface area contributed by atoms with Gasteiger partial charge in [-0.3, -0.25) is 0 Å². The second kappa shape index (κ2) is 5.41. The largest absolute Gasteiger partial charge is 0.497 e. The molecule has 1 aromatic carbocycles. The van der Waals surface area contributed by atoms with Gasteiger partial charge >= 0.3 is 0 Å². The van der Waals surface area contributed by atoms with Gasteiger partial charge in [0.05, 0.1) is 14.2 Å². The van der Waals surface area contributed by atoms with Crippen LogP contribution in [0.15, 0.2) is 18.2 Å². The summed E-state index contributed by atoms with van der Waals surface area (Å²) < 4.78 is 10.7. The number of methoxy groups -OCH3 is 2. The van der Waals surface area contributed by atoms with E-state index in [0.717, 1.165) is 35.9 Å². The van der Waals surface area contributed by atoms with Gasteiger partial charge in [0, 0.05) is 24.2 Å². The molecule has 0 saturated heterocycles. The van der Waals surface area contributed by atoms with Crippen molar-refractivity contribution in [1.82, 2.24) is 5.32 Å². The number of hydrogen-bond donors (Lipinski definition) is 1. The van der Waals surface area contributed by atoms with E-state index in [0.29, 0.717) is 0 Å². The van der Waals surface area contributed by atoms with E-state index in [4.69, 9.17) is 9.47 Å². The molecular weight excluding hydrogens is 238 g/mol. The average molecular weight is 261 g/mol. The van der Waals surface area contributed by atoms with Crippen molar-refractivity contribution in [1.29, 1.82) is 0 Å². The van der Waals surface area contributed by atoms with E-state index in [1.165, 1.54) is 31.2 Å². The highest BCUT2D eigenvalue weighted by molar-refractivity contribution is 5.40. The molecule has 0 aliphatic heterocycles. The fourth-order valence-electron chi connectivity index (χ4n) is 2.85. The summed E-state index contributed by atoms with van der Waals surface area (Å²) in [6, 6.07) is 6.79. The van der Waals surface area contributed by atoms with Crippen molar-refractivity contribution < 1.29 is 9.47 Å². The monoisotopic (exact) mass is 261 g/mol. The van der Waals surface area contributed by atoms with Crippen molar-refractivity contribution in [2.45, 2.75) is 38.3 Å². The third-order valence-corrected chi connectivity index (χ3v) is 4.28. The van der Waals surface area contributed by atoms with Crippen molar-refractivity contribution in [3.63, 3.8) is 0 Å². The number of hydrogen-bond acceptors (Lipinski definition) is 3. The zero-order valence-corrected chi connectivity index (χ0v) is 11.8. The Bertz CT molecular complexity index is 426. The highest BCUT2D eigenvalue weighted by Crippen LogP contribution is 2.44. The Balaban J connectivity index is 1.64. The molecule has 0 bridgehead atoms. The molecule has 3 nitrogen and oxygen atoms in total. The Kier molecular flexibility index (Phi) is 3.65. The summed E-state index contributed by atoms with van der Waals surface area (Å²) in [5.41, 5.74) is 1.22. The van der Waals surface area contributed by atoms with Crippen LogP contribution in [-0.2, 0) is 6.54 Å². The van der Waals surface area contributed by atoms with Crippen molar-refractivity contribution in [2.24, 2.45) is 11.8 Å². The first kappa shape index (κ1) is 12.8. The summed E-state index contributed by atoms with van der Waals surface area (Å²) in [5, 5.41) is 3.75. The molecule has 0 unspecified atom stereocenters. The zero-order chi connectivity index (χ0) is 13.2. The minimum Gasteiger partial charge on any atom is -0.497 e. The smallest absolute Gasteiger partial charge is 0.127 e. The van der Waals surface area contributed by atoms with Crippen LogP contribution in [0, 0.1) is 11.8 Å². The quantitative estimate of drug-likeness (QED) is 0.818. The summed E-state index contributed by atoms with van der Waals surface area (Å²) in [5.74, 6) is 3.62. The van der Waals surface area contributed by atoms with Gasteiger partial charge in [-0.15, -0.1) is 0 Å². The third kappa shape index (κ3) is 3.03. The van der Waals surface area contributed by atoms with Gasteiger partial charge in [-0.25, -0.2) is 0 Å². The number of benzene rings is 1. The fraction of sp³-hybridized carbons (Fsp3) is 0.625. The summed E-state index contributed by atoms with van der Waals surface area (Å²) >= 11 is 0. The Morgan fingerprint density at radius 3 is 2.32 bits per heavy atom. The first-order valence-corrected chi connectivity index (χ1v) is 7.26. The van der Waals surface area contributed by atoms with E-state index in [9.17, 15) is 0 Å². The first-order valence-electron chi connectivity index (χ1n) is 7.26. The lowest BCUT2D eigenvalue weighted by Gasteiger charge is -2.19. The summed E-state index contributed by atoms with van der Waals surface area (Å²) in [4.78, 5) is 0. The van der Waals surface area contributed by atoms with Crippen molar-refractivity contribution in [3.05, 3.63) is 23.8 Å². The van der Waals surface area contributed by atoms with Crippen LogP contribution in [0.25, 0.3) is 0 Å². The van der Waals surface area contributed by atoms with Crippen LogP contribution in [0.4, 0.5) is 0 Å². The lowest BCUT2D eigenvalue weighted by atomic mass is 10.1. The van der Waals surface area contributed by atoms with Crippen LogP contribution in [0.2, 0.25) is 0 Å². The van der Waals surface area contributed by atoms with Crippen LogP contribution in [0.3, 0.4) is 0 Å². The van der Waals surface area contributed by atoms with E-state index in [1.54, 1.807) is 14.2 Å². The van der Waals surface area contributed by atoms with Gasteiger partial charge in [-0.05, 0) is 43.6 Å². The van der Waals surface area contributed by atoms with E-state index in [2.05, 4.69) is 11.4 Å². The molecule has 3 heteroatoms. The molecule has 0 spiro atoms. The molecule has 0 aromatic heterocycles. The van der Waals surface area contributed by atoms with Gasteiger partial charge in [-0.1, -0.05) is 6.07 Å². The van der Waals surface area contributed by atoms with Crippen molar-refractivity contribution in [3.8, 4) is 11.5 Å². The summed E-state index contributed by atoms with van der Waals surface area (Å²) in [6.45, 7) is 0.894. The molecule has 1 aromatic rings. The molecule has 0 radical (unpaired) electrons. The molecule has 2 saturated carbocycles. The maximum absolute atomic E-state index is 5.45. The summed E-state index contributed by atoms with van der Waals surface area (Å²) in [6.07, 6.45) is 5.64. The third-order valence-electron chi connectivity index (χ3n) is 4.28. The van der Waals surface area contributed by atoms with Gasteiger partial charge in [-0.2, -0.15) is 0 Å². The van der Waals surface area contributed by atoms with E-state index in [-0.39, 0.29) is 0 Å². The Morgan fingerprint density at radius 1 is 1.11 bits per heavy atom. The fourth-order valence-corrected chi connectivity index (χ4v) is 2.85. The number of ether oxygens (including phenoxy) is 2. The van der Waals surface area contributed by atoms with E-state index < -0.39 is 0 Å². The second-order valence-corrected chi connectivity index (χ2v) is 5.76. The highest BCUT2D eigenvalue weighted by atomic mass is 16.5. The van der Waals surface area contributed by atoms with E-state index in [1.807, 2.05) is 12.1 Å². The predicted molar refractivity (Wildman–Crippen MR) is 75.6 cm³/mol. The van der Waals surface area contributed by atoms with Gasteiger partial charge in [0.15, 0.2) is 0 Å². The van der Waals surface area contributed by atoms with Crippen LogP contribution < -0.4 is 14.8 Å². The Morgan fingerprint density at radius 2 is 1.79 bits per heavy atom. The van der Waals surface area contributed by atoms with Crippen LogP contribution in [-0.4, -0.2) is 20.3 Å². The lowest BCUT2D eigenvalue weighted by molar-refractivity contribution is 0.381. The molecule has 1 N–H and O–H groups in total. The van der Waals surface area contributed by atoms with Crippen LogP contribution in [0.1, 0.15) is 31.2 Å². The van der Waals surface area contributed by atoms with Gasteiger partial charge < -0.3 is 14.8 Å². The summed E-state index contributed by atoms with van der Waals surface area (Å²) in [7, 11) is 3.40. The molecule has 2 aliphatic rings. The molecule has 2 fully saturated rings. The first-order chi connectivity index (χ1) is 9.31. The van der Waals surface area contributed by atoms with Crippen molar-refractivity contribution in [2.75, 3.05) is 14.2 Å². The number of rotatable bonds is 7. The molecule has 0 heterocycles. The van der Waals surface area contributed by atoms with Crippen LogP contribution >= 0.6 is 0 Å². The highest BCUT2D eigenvalue weighted by Gasteiger charge is 2.40. The van der Waals surface area contributed by atoms with Crippen LogP contribution in [0.5, 0.6) is 11.5 Å².